The number of rotatable bonds is 4. The minimum atomic E-state index is -0.192. The lowest BCUT2D eigenvalue weighted by Crippen LogP contribution is -2.19. The fraction of sp³-hybridized carbons (Fsp3) is 0.100. The van der Waals surface area contributed by atoms with Crippen LogP contribution in [0.5, 0.6) is 0 Å². The fourth-order valence-electron chi connectivity index (χ4n) is 2.83. The van der Waals surface area contributed by atoms with E-state index in [0.717, 1.165) is 35.1 Å². The van der Waals surface area contributed by atoms with Gasteiger partial charge in [0, 0.05) is 28.7 Å². The van der Waals surface area contributed by atoms with Crippen molar-refractivity contribution in [3.05, 3.63) is 76.2 Å². The number of amidine groups is 1. The minimum Gasteiger partial charge on any atom is -0.323 e. The highest BCUT2D eigenvalue weighted by Crippen LogP contribution is 2.35. The standard InChI is InChI=1S/C20H16ClN3OS/c21-17-4-2-1-3-14(17)7-10-19(25)23-16-8-5-15(6-9-16)18-13-26-20-22-11-12-24(18)20/h1-10,13H,11-12H2,(H,23,25). The van der Waals surface area contributed by atoms with E-state index in [1.807, 2.05) is 42.5 Å². The number of aliphatic imine (C=N–C) groups is 1. The second-order valence-corrected chi connectivity index (χ2v) is 7.10. The Morgan fingerprint density at radius 3 is 2.81 bits per heavy atom. The molecule has 0 saturated heterocycles. The smallest absolute Gasteiger partial charge is 0.248 e. The second kappa shape index (κ2) is 7.40. The highest BCUT2D eigenvalue weighted by atomic mass is 35.5. The summed E-state index contributed by atoms with van der Waals surface area (Å²) in [6.07, 6.45) is 3.19. The minimum absolute atomic E-state index is 0.192. The molecule has 2 heterocycles. The van der Waals surface area contributed by atoms with Gasteiger partial charge in [0.25, 0.3) is 0 Å². The molecular weight excluding hydrogens is 366 g/mol. The first-order valence-corrected chi connectivity index (χ1v) is 9.49. The quantitative estimate of drug-likeness (QED) is 0.780. The summed E-state index contributed by atoms with van der Waals surface area (Å²) in [6, 6.07) is 15.3. The summed E-state index contributed by atoms with van der Waals surface area (Å²) in [4.78, 5) is 18.8. The number of carbonyl (C=O) groups excluding carboxylic acids is 1. The predicted octanol–water partition coefficient (Wildman–Crippen LogP) is 4.71. The summed E-state index contributed by atoms with van der Waals surface area (Å²) in [5, 5.41) is 6.68. The zero-order chi connectivity index (χ0) is 17.9. The maximum Gasteiger partial charge on any atom is 0.248 e. The van der Waals surface area contributed by atoms with Gasteiger partial charge >= 0.3 is 0 Å². The monoisotopic (exact) mass is 381 g/mol. The largest absolute Gasteiger partial charge is 0.323 e. The number of hydrogen-bond donors (Lipinski definition) is 1. The number of amides is 1. The Kier molecular flexibility index (Phi) is 4.82. The lowest BCUT2D eigenvalue weighted by Gasteiger charge is -2.16. The Balaban J connectivity index is 1.41. The number of hydrogen-bond acceptors (Lipinski definition) is 4. The molecule has 0 atom stereocenters. The van der Waals surface area contributed by atoms with E-state index < -0.39 is 0 Å². The zero-order valence-electron chi connectivity index (χ0n) is 13.9. The molecular formula is C20H16ClN3OS. The Hall–Kier alpha value is -2.50. The topological polar surface area (TPSA) is 44.7 Å². The van der Waals surface area contributed by atoms with Crippen LogP contribution in [0.15, 0.2) is 65.0 Å². The van der Waals surface area contributed by atoms with Gasteiger partial charge in [0.15, 0.2) is 5.17 Å². The predicted molar refractivity (Wildman–Crippen MR) is 110 cm³/mol. The van der Waals surface area contributed by atoms with Gasteiger partial charge < -0.3 is 10.2 Å². The maximum atomic E-state index is 12.1. The van der Waals surface area contributed by atoms with E-state index in [1.54, 1.807) is 23.9 Å². The van der Waals surface area contributed by atoms with Crippen molar-refractivity contribution in [1.29, 1.82) is 0 Å². The van der Waals surface area contributed by atoms with Gasteiger partial charge in [0.05, 0.1) is 12.2 Å². The average molecular weight is 382 g/mol. The summed E-state index contributed by atoms with van der Waals surface area (Å²) in [5.41, 5.74) is 3.86. The molecule has 26 heavy (non-hydrogen) atoms. The van der Waals surface area contributed by atoms with Gasteiger partial charge in [-0.2, -0.15) is 0 Å². The number of nitrogens with zero attached hydrogens (tertiary/aromatic N) is 2. The average Bonchev–Trinajstić information content (AvgIpc) is 3.25. The van der Waals surface area contributed by atoms with Crippen LogP contribution >= 0.6 is 23.4 Å². The molecule has 2 aromatic rings. The van der Waals surface area contributed by atoms with E-state index >= 15 is 0 Å². The number of halogens is 1. The molecule has 1 amide bonds. The first kappa shape index (κ1) is 16.9. The van der Waals surface area contributed by atoms with E-state index in [2.05, 4.69) is 20.6 Å². The number of thioether (sulfide) groups is 1. The van der Waals surface area contributed by atoms with E-state index in [9.17, 15) is 4.79 Å². The molecule has 2 aliphatic heterocycles. The molecule has 2 aromatic carbocycles. The molecule has 0 radical (unpaired) electrons. The van der Waals surface area contributed by atoms with Crippen molar-refractivity contribution in [2.45, 2.75) is 0 Å². The molecule has 6 heteroatoms. The molecule has 130 valence electrons. The third kappa shape index (κ3) is 3.54. The molecule has 0 aliphatic carbocycles. The number of fused-ring (bicyclic) bond motifs is 1. The number of benzene rings is 2. The van der Waals surface area contributed by atoms with Crippen molar-refractivity contribution in [2.75, 3.05) is 18.4 Å². The first-order valence-electron chi connectivity index (χ1n) is 8.23. The van der Waals surface area contributed by atoms with E-state index in [1.165, 1.54) is 11.8 Å². The van der Waals surface area contributed by atoms with Gasteiger partial charge in [-0.1, -0.05) is 53.7 Å². The molecule has 0 unspecified atom stereocenters. The van der Waals surface area contributed by atoms with Crippen molar-refractivity contribution < 1.29 is 4.79 Å². The van der Waals surface area contributed by atoms with Gasteiger partial charge in [0.2, 0.25) is 5.91 Å². The van der Waals surface area contributed by atoms with Gasteiger partial charge in [-0.3, -0.25) is 9.79 Å². The Bertz CT molecular complexity index is 934. The molecule has 0 bridgehead atoms. The Labute approximate surface area is 161 Å². The Morgan fingerprint density at radius 1 is 1.19 bits per heavy atom. The van der Waals surface area contributed by atoms with Gasteiger partial charge in [-0.25, -0.2) is 0 Å². The van der Waals surface area contributed by atoms with Crippen LogP contribution in [0.1, 0.15) is 11.1 Å². The van der Waals surface area contributed by atoms with Crippen LogP contribution in [0.25, 0.3) is 11.8 Å². The molecule has 4 nitrogen and oxygen atoms in total. The molecule has 1 N–H and O–H groups in total. The van der Waals surface area contributed by atoms with Crippen LogP contribution < -0.4 is 5.32 Å². The highest BCUT2D eigenvalue weighted by molar-refractivity contribution is 8.16. The molecule has 0 spiro atoms. The Morgan fingerprint density at radius 2 is 2.00 bits per heavy atom. The summed E-state index contributed by atoms with van der Waals surface area (Å²) >= 11 is 7.74. The highest BCUT2D eigenvalue weighted by Gasteiger charge is 2.26. The van der Waals surface area contributed by atoms with Crippen LogP contribution in [0, 0.1) is 0 Å². The molecule has 4 rings (SSSR count). The number of carbonyl (C=O) groups is 1. The summed E-state index contributed by atoms with van der Waals surface area (Å²) < 4.78 is 0. The molecule has 2 aliphatic rings. The maximum absolute atomic E-state index is 12.1. The third-order valence-corrected chi connectivity index (χ3v) is 5.38. The van der Waals surface area contributed by atoms with Gasteiger partial charge in [-0.05, 0) is 35.4 Å². The molecule has 0 fully saturated rings. The molecule has 0 saturated carbocycles. The van der Waals surface area contributed by atoms with Crippen molar-refractivity contribution in [3.8, 4) is 0 Å². The second-order valence-electron chi connectivity index (χ2n) is 5.86. The van der Waals surface area contributed by atoms with Crippen LogP contribution in [0.3, 0.4) is 0 Å². The van der Waals surface area contributed by atoms with E-state index in [-0.39, 0.29) is 5.91 Å². The van der Waals surface area contributed by atoms with Crippen LogP contribution in [-0.4, -0.2) is 29.1 Å². The van der Waals surface area contributed by atoms with Crippen LogP contribution in [-0.2, 0) is 4.79 Å². The number of nitrogens with one attached hydrogen (secondary N) is 1. The van der Waals surface area contributed by atoms with Crippen molar-refractivity contribution in [3.63, 3.8) is 0 Å². The van der Waals surface area contributed by atoms with Crippen molar-refractivity contribution in [1.82, 2.24) is 4.90 Å². The van der Waals surface area contributed by atoms with Crippen molar-refractivity contribution in [2.24, 2.45) is 4.99 Å². The summed E-state index contributed by atoms with van der Waals surface area (Å²) in [5.74, 6) is -0.192. The lowest BCUT2D eigenvalue weighted by molar-refractivity contribution is -0.111. The van der Waals surface area contributed by atoms with Crippen LogP contribution in [0.4, 0.5) is 5.69 Å². The summed E-state index contributed by atoms with van der Waals surface area (Å²) in [7, 11) is 0. The first-order chi connectivity index (χ1) is 12.7. The van der Waals surface area contributed by atoms with Gasteiger partial charge in [-0.15, -0.1) is 0 Å². The third-order valence-electron chi connectivity index (χ3n) is 4.14. The lowest BCUT2D eigenvalue weighted by atomic mass is 10.1. The van der Waals surface area contributed by atoms with Crippen LogP contribution in [0.2, 0.25) is 5.02 Å². The SMILES string of the molecule is O=C(C=Cc1ccccc1Cl)Nc1ccc(C2=CSC3=NCCN23)cc1. The van der Waals surface area contributed by atoms with E-state index in [4.69, 9.17) is 11.6 Å². The fourth-order valence-corrected chi connectivity index (χ4v) is 3.99. The van der Waals surface area contributed by atoms with Gasteiger partial charge in [0.1, 0.15) is 0 Å². The summed E-state index contributed by atoms with van der Waals surface area (Å²) in [6.45, 7) is 1.78. The van der Waals surface area contributed by atoms with E-state index in [0.29, 0.717) is 5.02 Å². The number of anilines is 1. The van der Waals surface area contributed by atoms with Crippen molar-refractivity contribution >= 4 is 51.9 Å². The normalized spacial score (nSPS) is 15.8. The zero-order valence-corrected chi connectivity index (χ0v) is 15.4. The molecule has 0 aromatic heterocycles.